The van der Waals surface area contributed by atoms with Crippen LogP contribution < -0.4 is 4.90 Å². The molecular formula is C28H29F5N6O3S. The van der Waals surface area contributed by atoms with Crippen LogP contribution in [-0.2, 0) is 29.7 Å². The molecule has 0 spiro atoms. The van der Waals surface area contributed by atoms with E-state index in [-0.39, 0.29) is 66.1 Å². The number of piperazine rings is 1. The third-order valence-electron chi connectivity index (χ3n) is 7.26. The number of sulfonamides is 1. The van der Waals surface area contributed by atoms with Crippen LogP contribution >= 0.6 is 0 Å². The molecule has 15 heteroatoms. The number of alkyl halides is 3. The highest BCUT2D eigenvalue weighted by Crippen LogP contribution is 2.41. The lowest BCUT2D eigenvalue weighted by Gasteiger charge is -2.41. The summed E-state index contributed by atoms with van der Waals surface area (Å²) in [4.78, 5) is 10.9. The second-order valence-electron chi connectivity index (χ2n) is 10.9. The highest BCUT2D eigenvalue weighted by atomic mass is 32.2. The van der Waals surface area contributed by atoms with Gasteiger partial charge in [0, 0.05) is 44.5 Å². The van der Waals surface area contributed by atoms with Crippen LogP contribution in [0.2, 0.25) is 0 Å². The van der Waals surface area contributed by atoms with Gasteiger partial charge in [-0.2, -0.15) is 27.6 Å². The molecule has 1 aliphatic heterocycles. The zero-order valence-electron chi connectivity index (χ0n) is 23.5. The van der Waals surface area contributed by atoms with Gasteiger partial charge in [-0.3, -0.25) is 0 Å². The number of hydrogen-bond donors (Lipinski definition) is 1. The van der Waals surface area contributed by atoms with Gasteiger partial charge in [-0.1, -0.05) is 44.2 Å². The van der Waals surface area contributed by atoms with Crippen molar-refractivity contribution in [2.75, 3.05) is 30.3 Å². The molecule has 1 aliphatic rings. The monoisotopic (exact) mass is 624 g/mol. The van der Waals surface area contributed by atoms with Crippen LogP contribution in [0.3, 0.4) is 0 Å². The zero-order chi connectivity index (χ0) is 31.3. The Hall–Kier alpha value is -3.85. The van der Waals surface area contributed by atoms with Crippen LogP contribution in [-0.4, -0.2) is 69.0 Å². The van der Waals surface area contributed by atoms with Crippen molar-refractivity contribution >= 4 is 27.0 Å². The van der Waals surface area contributed by atoms with Gasteiger partial charge < -0.3 is 10.0 Å². The highest BCUT2D eigenvalue weighted by molar-refractivity contribution is 7.89. The van der Waals surface area contributed by atoms with E-state index in [9.17, 15) is 35.5 Å². The van der Waals surface area contributed by atoms with Gasteiger partial charge in [-0.15, -0.1) is 0 Å². The van der Waals surface area contributed by atoms with Crippen molar-refractivity contribution in [2.24, 2.45) is 13.0 Å². The molecule has 0 bridgehead atoms. The van der Waals surface area contributed by atoms with Gasteiger partial charge in [0.05, 0.1) is 16.7 Å². The van der Waals surface area contributed by atoms with Crippen LogP contribution in [0.15, 0.2) is 42.6 Å². The lowest BCUT2D eigenvalue weighted by atomic mass is 10.0. The van der Waals surface area contributed by atoms with Crippen LogP contribution in [0.5, 0.6) is 5.75 Å². The summed E-state index contributed by atoms with van der Waals surface area (Å²) in [5, 5.41) is 14.0. The van der Waals surface area contributed by atoms with Crippen LogP contribution in [0.25, 0.3) is 22.3 Å². The van der Waals surface area contributed by atoms with Crippen molar-refractivity contribution in [3.8, 4) is 17.0 Å². The van der Waals surface area contributed by atoms with Gasteiger partial charge in [-0.05, 0) is 24.0 Å². The Morgan fingerprint density at radius 1 is 1.09 bits per heavy atom. The average Bonchev–Trinajstić information content (AvgIpc) is 3.26. The summed E-state index contributed by atoms with van der Waals surface area (Å²) in [7, 11) is -2.07. The largest absolute Gasteiger partial charge is 0.503 e. The average molecular weight is 625 g/mol. The van der Waals surface area contributed by atoms with E-state index in [4.69, 9.17) is 0 Å². The molecule has 9 nitrogen and oxygen atoms in total. The van der Waals surface area contributed by atoms with E-state index >= 15 is 0 Å². The Labute approximate surface area is 244 Å². The molecule has 3 heterocycles. The number of anilines is 1. The van der Waals surface area contributed by atoms with E-state index in [1.165, 1.54) is 22.2 Å². The number of aromatic nitrogens is 4. The molecule has 0 amide bonds. The molecule has 0 saturated carbocycles. The molecule has 0 unspecified atom stereocenters. The first kappa shape index (κ1) is 30.6. The lowest BCUT2D eigenvalue weighted by molar-refractivity contribution is -0.140. The number of phenols is 1. The zero-order valence-corrected chi connectivity index (χ0v) is 24.3. The van der Waals surface area contributed by atoms with Gasteiger partial charge >= 0.3 is 6.18 Å². The molecular weight excluding hydrogens is 595 g/mol. The molecule has 1 saturated heterocycles. The summed E-state index contributed by atoms with van der Waals surface area (Å²) >= 11 is 0. The van der Waals surface area contributed by atoms with E-state index in [1.807, 2.05) is 49.1 Å². The van der Waals surface area contributed by atoms with Crippen molar-refractivity contribution in [1.29, 1.82) is 0 Å². The van der Waals surface area contributed by atoms with E-state index in [2.05, 4.69) is 15.1 Å². The number of nitrogens with zero attached hydrogens (tertiary/aromatic N) is 6. The van der Waals surface area contributed by atoms with E-state index in [1.54, 1.807) is 0 Å². The maximum Gasteiger partial charge on any atom is 0.419 e. The number of halogens is 5. The van der Waals surface area contributed by atoms with Crippen molar-refractivity contribution in [3.63, 3.8) is 0 Å². The number of benzene rings is 2. The minimum Gasteiger partial charge on any atom is -0.503 e. The summed E-state index contributed by atoms with van der Waals surface area (Å²) < 4.78 is 98.1. The van der Waals surface area contributed by atoms with Crippen molar-refractivity contribution in [2.45, 2.75) is 32.5 Å². The summed E-state index contributed by atoms with van der Waals surface area (Å²) in [6.45, 7) is 4.31. The minimum atomic E-state index is -5.20. The summed E-state index contributed by atoms with van der Waals surface area (Å²) in [5.74, 6) is -5.31. The van der Waals surface area contributed by atoms with Gasteiger partial charge in [0.2, 0.25) is 16.0 Å². The van der Waals surface area contributed by atoms with Gasteiger partial charge in [-0.25, -0.2) is 26.9 Å². The number of fused-ring (bicyclic) bond motifs is 1. The summed E-state index contributed by atoms with van der Waals surface area (Å²) in [6, 6.07) is 9.40. The van der Waals surface area contributed by atoms with Gasteiger partial charge in [0.1, 0.15) is 5.69 Å². The Kier molecular flexibility index (Phi) is 8.07. The van der Waals surface area contributed by atoms with Crippen LogP contribution in [0, 0.1) is 17.6 Å². The Morgan fingerprint density at radius 3 is 2.44 bits per heavy atom. The van der Waals surface area contributed by atoms with Crippen molar-refractivity contribution in [3.05, 3.63) is 65.4 Å². The molecule has 230 valence electrons. The minimum absolute atomic E-state index is 0.0108. The fourth-order valence-electron chi connectivity index (χ4n) is 5.30. The van der Waals surface area contributed by atoms with E-state index < -0.39 is 44.7 Å². The first-order valence-corrected chi connectivity index (χ1v) is 15.0. The number of aromatic hydroxyl groups is 1. The van der Waals surface area contributed by atoms with Gasteiger partial charge in [0.25, 0.3) is 0 Å². The molecule has 5 rings (SSSR count). The summed E-state index contributed by atoms with van der Waals surface area (Å²) in [6.07, 6.45) is -3.45. The van der Waals surface area contributed by atoms with E-state index in [0.29, 0.717) is 6.42 Å². The molecule has 1 atom stereocenters. The van der Waals surface area contributed by atoms with E-state index in [0.717, 1.165) is 5.56 Å². The van der Waals surface area contributed by atoms with Gasteiger partial charge in [0.15, 0.2) is 23.0 Å². The molecule has 4 aromatic rings. The Bertz CT molecular complexity index is 1760. The SMILES string of the molecule is CC(C)CS(=O)(=O)N1CCN(c2ncc3c(-c4cc(C(F)(F)F)c(F)c(O)c4F)nn(C)c3n2)[C@H](Cc2ccccc2)C1. The first-order chi connectivity index (χ1) is 20.2. The predicted molar refractivity (Wildman–Crippen MR) is 150 cm³/mol. The van der Waals surface area contributed by atoms with Crippen molar-refractivity contribution in [1.82, 2.24) is 24.1 Å². The molecule has 0 radical (unpaired) electrons. The number of hydrogen-bond acceptors (Lipinski definition) is 7. The standard InChI is InChI=1S/C28H29F5N6O3S/c1-16(2)15-43(41,42)38-9-10-39(18(14-38)11-17-7-5-4-6-8-17)27-34-13-20-24(36-37(3)26(20)35-27)19-12-21(28(31,32)33)23(30)25(40)22(19)29/h4-8,12-13,16,18,40H,9-11,14-15H2,1-3H3/t18-/m1/s1. The molecule has 43 heavy (non-hydrogen) atoms. The highest BCUT2D eigenvalue weighted by Gasteiger charge is 2.39. The third-order valence-corrected chi connectivity index (χ3v) is 9.47. The predicted octanol–water partition coefficient (Wildman–Crippen LogP) is 4.75. The molecule has 1 fully saturated rings. The third kappa shape index (κ3) is 6.00. The van der Waals surface area contributed by atoms with Crippen molar-refractivity contribution < 1.29 is 35.5 Å². The fraction of sp³-hybridized carbons (Fsp3) is 0.393. The maximum atomic E-state index is 14.9. The Balaban J connectivity index is 1.55. The molecule has 0 aliphatic carbocycles. The lowest BCUT2D eigenvalue weighted by Crippen LogP contribution is -2.56. The fourth-order valence-corrected chi connectivity index (χ4v) is 7.11. The second kappa shape index (κ2) is 11.3. The summed E-state index contributed by atoms with van der Waals surface area (Å²) in [5.41, 5.74) is -1.81. The molecule has 2 aromatic carbocycles. The first-order valence-electron chi connectivity index (χ1n) is 13.4. The quantitative estimate of drug-likeness (QED) is 0.296. The van der Waals surface area contributed by atoms with Crippen LogP contribution in [0.4, 0.5) is 27.9 Å². The maximum absolute atomic E-state index is 14.9. The molecule has 2 aromatic heterocycles. The second-order valence-corrected chi connectivity index (χ2v) is 12.9. The number of aryl methyl sites for hydroxylation is 1. The smallest absolute Gasteiger partial charge is 0.419 e. The van der Waals surface area contributed by atoms with Crippen LogP contribution in [0.1, 0.15) is 25.0 Å². The molecule has 1 N–H and O–H groups in total. The topological polar surface area (TPSA) is 104 Å². The normalized spacial score (nSPS) is 16.9. The Morgan fingerprint density at radius 2 is 1.79 bits per heavy atom. The number of phenolic OH excluding ortho intramolecular Hbond substituents is 1. The number of rotatable bonds is 7.